The predicted molar refractivity (Wildman–Crippen MR) is 70.6 cm³/mol. The maximum Gasteiger partial charge on any atom is 0.212 e. The van der Waals surface area contributed by atoms with Crippen molar-refractivity contribution >= 4 is 27.3 Å². The molecule has 0 amide bonds. The Balaban J connectivity index is 2.01. The molecule has 1 aromatic carbocycles. The zero-order chi connectivity index (χ0) is 12.1. The molecule has 0 radical (unpaired) electrons. The first-order chi connectivity index (χ1) is 8.83. The molecule has 0 bridgehead atoms. The summed E-state index contributed by atoms with van der Waals surface area (Å²) < 4.78 is 3.83. The average Bonchev–Trinajstić information content (AvgIpc) is 3.02. The highest BCUT2D eigenvalue weighted by Gasteiger charge is 2.13. The lowest BCUT2D eigenvalue weighted by Crippen LogP contribution is -1.92. The molecule has 3 heterocycles. The van der Waals surface area contributed by atoms with Crippen LogP contribution in [0.5, 0.6) is 0 Å². The largest absolute Gasteiger partial charge is 0.326 e. The fourth-order valence-electron chi connectivity index (χ4n) is 2.12. The van der Waals surface area contributed by atoms with Crippen LogP contribution in [0.3, 0.4) is 0 Å². The highest BCUT2D eigenvalue weighted by molar-refractivity contribution is 7.14. The molecule has 0 unspecified atom stereocenters. The third kappa shape index (κ3) is 1.23. The second kappa shape index (κ2) is 3.39. The Hall–Kier alpha value is -2.21. The first kappa shape index (κ1) is 9.78. The molecule has 4 aromatic rings. The molecule has 0 fully saturated rings. The van der Waals surface area contributed by atoms with E-state index in [0.717, 1.165) is 27.5 Å². The van der Waals surface area contributed by atoms with Gasteiger partial charge in [0, 0.05) is 7.05 Å². The van der Waals surface area contributed by atoms with E-state index in [4.69, 9.17) is 0 Å². The van der Waals surface area contributed by atoms with Crippen LogP contribution >= 0.6 is 11.3 Å². The zero-order valence-corrected chi connectivity index (χ0v) is 10.4. The van der Waals surface area contributed by atoms with E-state index in [-0.39, 0.29) is 0 Å². The quantitative estimate of drug-likeness (QED) is 0.524. The zero-order valence-electron chi connectivity index (χ0n) is 9.61. The first-order valence-electron chi connectivity index (χ1n) is 5.53. The number of aromatic nitrogens is 5. The van der Waals surface area contributed by atoms with Gasteiger partial charge >= 0.3 is 0 Å². The maximum absolute atomic E-state index is 4.62. The number of benzene rings is 1. The Bertz CT molecular complexity index is 825. The Morgan fingerprint density at radius 3 is 2.89 bits per heavy atom. The van der Waals surface area contributed by atoms with Crippen LogP contribution in [0.1, 0.15) is 0 Å². The summed E-state index contributed by atoms with van der Waals surface area (Å²) in [6, 6.07) is 8.07. The van der Waals surface area contributed by atoms with Gasteiger partial charge in [-0.3, -0.25) is 0 Å². The van der Waals surface area contributed by atoms with Crippen molar-refractivity contribution in [3.8, 4) is 11.5 Å². The first-order valence-corrected chi connectivity index (χ1v) is 6.41. The smallest absolute Gasteiger partial charge is 0.212 e. The topological polar surface area (TPSA) is 48.0 Å². The normalized spacial score (nSPS) is 11.6. The molecular weight excluding hydrogens is 246 g/mol. The van der Waals surface area contributed by atoms with Gasteiger partial charge in [0.25, 0.3) is 0 Å². The Morgan fingerprint density at radius 2 is 2.06 bits per heavy atom. The average molecular weight is 255 g/mol. The predicted octanol–water partition coefficient (Wildman–Crippen LogP) is 2.34. The van der Waals surface area contributed by atoms with Crippen LogP contribution in [-0.4, -0.2) is 24.1 Å². The number of nitrogens with zero attached hydrogens (tertiary/aromatic N) is 5. The molecule has 0 saturated heterocycles. The van der Waals surface area contributed by atoms with Gasteiger partial charge in [-0.25, -0.2) is 14.5 Å². The van der Waals surface area contributed by atoms with Crippen LogP contribution in [0.4, 0.5) is 0 Å². The highest BCUT2D eigenvalue weighted by atomic mass is 32.1. The van der Waals surface area contributed by atoms with Crippen molar-refractivity contribution in [1.29, 1.82) is 0 Å². The van der Waals surface area contributed by atoms with Crippen LogP contribution in [0.15, 0.2) is 36.0 Å². The molecule has 0 aliphatic carbocycles. The minimum Gasteiger partial charge on any atom is -0.326 e. The molecule has 18 heavy (non-hydrogen) atoms. The van der Waals surface area contributed by atoms with Crippen LogP contribution < -0.4 is 0 Å². The van der Waals surface area contributed by atoms with Gasteiger partial charge in [0.15, 0.2) is 5.82 Å². The van der Waals surface area contributed by atoms with E-state index < -0.39 is 0 Å². The molecule has 6 heteroatoms. The molecule has 5 nitrogen and oxygen atoms in total. The lowest BCUT2D eigenvalue weighted by molar-refractivity contribution is 0.947. The Morgan fingerprint density at radius 1 is 1.17 bits per heavy atom. The van der Waals surface area contributed by atoms with Gasteiger partial charge in [-0.05, 0) is 12.1 Å². The van der Waals surface area contributed by atoms with E-state index in [9.17, 15) is 0 Å². The molecule has 0 atom stereocenters. The number of hydrogen-bond donors (Lipinski definition) is 0. The van der Waals surface area contributed by atoms with E-state index >= 15 is 0 Å². The minimum absolute atomic E-state index is 0.855. The van der Waals surface area contributed by atoms with Crippen LogP contribution in [0.25, 0.3) is 27.5 Å². The fraction of sp³-hybridized carbons (Fsp3) is 0.0833. The monoisotopic (exact) mass is 255 g/mol. The Kier molecular flexibility index (Phi) is 1.84. The summed E-state index contributed by atoms with van der Waals surface area (Å²) in [5, 5.41) is 4.18. The van der Waals surface area contributed by atoms with Gasteiger partial charge in [0.05, 0.1) is 17.2 Å². The van der Waals surface area contributed by atoms with Gasteiger partial charge < -0.3 is 4.57 Å². The molecule has 0 aliphatic rings. The van der Waals surface area contributed by atoms with Crippen molar-refractivity contribution in [2.75, 3.05) is 0 Å². The second-order valence-corrected chi connectivity index (χ2v) is 4.89. The second-order valence-electron chi connectivity index (χ2n) is 4.08. The molecular formula is C12H9N5S. The number of para-hydroxylation sites is 2. The van der Waals surface area contributed by atoms with Crippen LogP contribution in [0, 0.1) is 0 Å². The molecule has 0 aliphatic heterocycles. The molecule has 3 aromatic heterocycles. The third-order valence-electron chi connectivity index (χ3n) is 3.00. The minimum atomic E-state index is 0.855. The summed E-state index contributed by atoms with van der Waals surface area (Å²) in [5.41, 5.74) is 4.73. The number of fused-ring (bicyclic) bond motifs is 2. The maximum atomic E-state index is 4.62. The number of hydrogen-bond acceptors (Lipinski definition) is 4. The van der Waals surface area contributed by atoms with Crippen molar-refractivity contribution in [2.45, 2.75) is 0 Å². The van der Waals surface area contributed by atoms with Crippen LogP contribution in [0.2, 0.25) is 0 Å². The number of rotatable bonds is 1. The summed E-state index contributed by atoms with van der Waals surface area (Å²) in [5.74, 6) is 0.869. The van der Waals surface area contributed by atoms with Crippen molar-refractivity contribution in [1.82, 2.24) is 24.1 Å². The molecule has 4 rings (SSSR count). The van der Waals surface area contributed by atoms with Gasteiger partial charge in [-0.1, -0.05) is 23.5 Å². The van der Waals surface area contributed by atoms with Crippen molar-refractivity contribution in [3.05, 3.63) is 36.0 Å². The SMILES string of the molecule is Cn1c(-c2cn3ncsc3n2)nc2ccccc21. The Labute approximate surface area is 106 Å². The van der Waals surface area contributed by atoms with Crippen molar-refractivity contribution in [3.63, 3.8) is 0 Å². The van der Waals surface area contributed by atoms with E-state index in [1.165, 1.54) is 11.3 Å². The van der Waals surface area contributed by atoms with Gasteiger partial charge in [-0.2, -0.15) is 5.10 Å². The van der Waals surface area contributed by atoms with Gasteiger partial charge in [-0.15, -0.1) is 0 Å². The van der Waals surface area contributed by atoms with Crippen molar-refractivity contribution < 1.29 is 0 Å². The molecule has 0 spiro atoms. The molecule has 88 valence electrons. The summed E-state index contributed by atoms with van der Waals surface area (Å²) in [4.78, 5) is 10.0. The molecule has 0 saturated carbocycles. The summed E-state index contributed by atoms with van der Waals surface area (Å²) >= 11 is 1.52. The van der Waals surface area contributed by atoms with Crippen LogP contribution in [-0.2, 0) is 7.05 Å². The summed E-state index contributed by atoms with van der Waals surface area (Å²) in [7, 11) is 2.01. The standard InChI is InChI=1S/C12H9N5S/c1-16-10-5-3-2-4-8(10)14-11(16)9-6-17-12(15-9)18-7-13-17/h2-7H,1H3. The summed E-state index contributed by atoms with van der Waals surface area (Å²) in [6.45, 7) is 0. The number of aryl methyl sites for hydroxylation is 1. The van der Waals surface area contributed by atoms with E-state index in [1.807, 2.05) is 31.4 Å². The van der Waals surface area contributed by atoms with E-state index in [0.29, 0.717) is 0 Å². The highest BCUT2D eigenvalue weighted by Crippen LogP contribution is 2.23. The third-order valence-corrected chi connectivity index (χ3v) is 3.69. The lowest BCUT2D eigenvalue weighted by Gasteiger charge is -1.97. The lowest BCUT2D eigenvalue weighted by atomic mass is 10.3. The molecule has 0 N–H and O–H groups in total. The van der Waals surface area contributed by atoms with Crippen molar-refractivity contribution in [2.24, 2.45) is 7.05 Å². The van der Waals surface area contributed by atoms with Gasteiger partial charge in [0.2, 0.25) is 4.96 Å². The summed E-state index contributed by atoms with van der Waals surface area (Å²) in [6.07, 6.45) is 1.91. The van der Waals surface area contributed by atoms with E-state index in [1.54, 1.807) is 10.0 Å². The van der Waals surface area contributed by atoms with E-state index in [2.05, 4.69) is 25.7 Å². The van der Waals surface area contributed by atoms with Gasteiger partial charge in [0.1, 0.15) is 11.2 Å². The fourth-order valence-corrected chi connectivity index (χ4v) is 2.72. The number of imidazole rings is 2.